The Kier molecular flexibility index (Phi) is 7.36. The number of piperidine rings is 1. The highest BCUT2D eigenvalue weighted by molar-refractivity contribution is 5.92. The summed E-state index contributed by atoms with van der Waals surface area (Å²) in [4.78, 5) is 19.5. The molecule has 2 aromatic carbocycles. The lowest BCUT2D eigenvalue weighted by Gasteiger charge is -2.30. The van der Waals surface area contributed by atoms with E-state index in [1.54, 1.807) is 13.2 Å². The van der Waals surface area contributed by atoms with Crippen LogP contribution in [0.4, 0.5) is 5.69 Å². The number of carbonyl (C=O) groups excluding carboxylic acids is 1. The van der Waals surface area contributed by atoms with Gasteiger partial charge in [-0.15, -0.1) is 0 Å². The second-order valence-corrected chi connectivity index (χ2v) is 7.91. The summed E-state index contributed by atoms with van der Waals surface area (Å²) in [7, 11) is 1.63. The molecule has 1 N–H and O–H groups in total. The zero-order valence-corrected chi connectivity index (χ0v) is 18.7. The number of aromatic nitrogens is 2. The molecule has 4 rings (SSSR count). The molecule has 0 unspecified atom stereocenters. The quantitative estimate of drug-likeness (QED) is 0.492. The molecule has 1 saturated heterocycles. The summed E-state index contributed by atoms with van der Waals surface area (Å²) in [5, 5.41) is 7.10. The number of hydrogen-bond donors (Lipinski definition) is 1. The average Bonchev–Trinajstić information content (AvgIpc) is 3.32. The highest BCUT2D eigenvalue weighted by Crippen LogP contribution is 2.24. The smallest absolute Gasteiger partial charge is 0.241 e. The first-order valence-corrected chi connectivity index (χ1v) is 11.0. The third kappa shape index (κ3) is 5.98. The van der Waals surface area contributed by atoms with Gasteiger partial charge in [-0.1, -0.05) is 23.9 Å². The molecule has 2 heterocycles. The normalized spacial score (nSPS) is 14.6. The van der Waals surface area contributed by atoms with E-state index in [0.29, 0.717) is 30.6 Å². The zero-order valence-electron chi connectivity index (χ0n) is 18.7. The minimum absolute atomic E-state index is 0.0310. The minimum atomic E-state index is -0.0310. The van der Waals surface area contributed by atoms with Gasteiger partial charge in [-0.3, -0.25) is 9.69 Å². The van der Waals surface area contributed by atoms with Crippen molar-refractivity contribution in [2.45, 2.75) is 19.4 Å². The fourth-order valence-electron chi connectivity index (χ4n) is 3.78. The third-order valence-electron chi connectivity index (χ3n) is 5.60. The van der Waals surface area contributed by atoms with Gasteiger partial charge in [0.25, 0.3) is 0 Å². The molecule has 0 aliphatic carbocycles. The molecule has 1 aliphatic rings. The predicted octanol–water partition coefficient (Wildman–Crippen LogP) is 4.16. The van der Waals surface area contributed by atoms with Crippen molar-refractivity contribution in [1.82, 2.24) is 15.0 Å². The maximum Gasteiger partial charge on any atom is 0.241 e. The van der Waals surface area contributed by atoms with Gasteiger partial charge >= 0.3 is 0 Å². The molecule has 1 fully saturated rings. The number of nitrogens with one attached hydrogen (secondary N) is 1. The number of carbonyl (C=O) groups is 1. The maximum absolute atomic E-state index is 12.7. The first-order chi connectivity index (χ1) is 16.1. The monoisotopic (exact) mass is 448 g/mol. The van der Waals surface area contributed by atoms with Crippen molar-refractivity contribution in [3.63, 3.8) is 0 Å². The van der Waals surface area contributed by atoms with E-state index in [9.17, 15) is 4.79 Å². The van der Waals surface area contributed by atoms with E-state index in [0.717, 1.165) is 42.9 Å². The highest BCUT2D eigenvalue weighted by atomic mass is 16.5. The number of anilines is 1. The lowest BCUT2D eigenvalue weighted by Crippen LogP contribution is -2.37. The molecule has 8 nitrogen and oxygen atoms in total. The number of likely N-dealkylation sites (tertiary alicyclic amines) is 1. The van der Waals surface area contributed by atoms with Gasteiger partial charge in [0, 0.05) is 23.2 Å². The van der Waals surface area contributed by atoms with E-state index < -0.39 is 0 Å². The number of rotatable bonds is 9. The molecule has 3 aromatic rings. The van der Waals surface area contributed by atoms with E-state index in [1.807, 2.05) is 48.5 Å². The van der Waals surface area contributed by atoms with Crippen LogP contribution in [-0.2, 0) is 11.3 Å². The SMILES string of the molecule is C=CCOc1cccc(NC(=O)C2CCN(Cc3nc(-c4ccc(OC)cc4)no3)CC2)c1. The van der Waals surface area contributed by atoms with Crippen LogP contribution in [0.1, 0.15) is 18.7 Å². The summed E-state index contributed by atoms with van der Waals surface area (Å²) < 4.78 is 16.2. The van der Waals surface area contributed by atoms with Crippen molar-refractivity contribution < 1.29 is 18.8 Å². The van der Waals surface area contributed by atoms with Gasteiger partial charge in [0.05, 0.1) is 13.7 Å². The number of ether oxygens (including phenoxy) is 2. The molecule has 8 heteroatoms. The van der Waals surface area contributed by atoms with Crippen molar-refractivity contribution >= 4 is 11.6 Å². The topological polar surface area (TPSA) is 89.7 Å². The molecule has 1 amide bonds. The van der Waals surface area contributed by atoms with Crippen LogP contribution in [0.25, 0.3) is 11.4 Å². The molecular formula is C25H28N4O4. The summed E-state index contributed by atoms with van der Waals surface area (Å²) in [6.45, 7) is 6.23. The first-order valence-electron chi connectivity index (χ1n) is 11.0. The first kappa shape index (κ1) is 22.5. The Morgan fingerprint density at radius 2 is 2.00 bits per heavy atom. The molecule has 1 aliphatic heterocycles. The van der Waals surface area contributed by atoms with Crippen LogP contribution in [0, 0.1) is 5.92 Å². The van der Waals surface area contributed by atoms with Crippen molar-refractivity contribution in [1.29, 1.82) is 0 Å². The van der Waals surface area contributed by atoms with Gasteiger partial charge in [0.2, 0.25) is 17.6 Å². The van der Waals surface area contributed by atoms with Crippen molar-refractivity contribution in [2.24, 2.45) is 5.92 Å². The van der Waals surface area contributed by atoms with E-state index in [4.69, 9.17) is 14.0 Å². The van der Waals surface area contributed by atoms with E-state index in [2.05, 4.69) is 26.9 Å². The van der Waals surface area contributed by atoms with Crippen molar-refractivity contribution in [3.8, 4) is 22.9 Å². The molecule has 0 atom stereocenters. The maximum atomic E-state index is 12.7. The van der Waals surface area contributed by atoms with Crippen molar-refractivity contribution in [2.75, 3.05) is 32.1 Å². The number of hydrogen-bond acceptors (Lipinski definition) is 7. The van der Waals surface area contributed by atoms with Crippen LogP contribution in [-0.4, -0.2) is 47.8 Å². The summed E-state index contributed by atoms with van der Waals surface area (Å²) in [6, 6.07) is 14.9. The van der Waals surface area contributed by atoms with Crippen LogP contribution in [0.5, 0.6) is 11.5 Å². The van der Waals surface area contributed by atoms with Gasteiger partial charge in [0.15, 0.2) is 0 Å². The molecule has 0 spiro atoms. The Morgan fingerprint density at radius 1 is 1.21 bits per heavy atom. The van der Waals surface area contributed by atoms with E-state index >= 15 is 0 Å². The van der Waals surface area contributed by atoms with Crippen LogP contribution in [0.15, 0.2) is 65.7 Å². The van der Waals surface area contributed by atoms with Gasteiger partial charge in [0.1, 0.15) is 18.1 Å². The summed E-state index contributed by atoms with van der Waals surface area (Å²) in [5.74, 6) is 2.62. The van der Waals surface area contributed by atoms with Crippen LogP contribution >= 0.6 is 0 Å². The van der Waals surface area contributed by atoms with Crippen molar-refractivity contribution in [3.05, 3.63) is 67.1 Å². The van der Waals surface area contributed by atoms with E-state index in [1.165, 1.54) is 0 Å². The molecule has 0 bridgehead atoms. The Labute approximate surface area is 193 Å². The lowest BCUT2D eigenvalue weighted by molar-refractivity contribution is -0.121. The van der Waals surface area contributed by atoms with E-state index in [-0.39, 0.29) is 11.8 Å². The fraction of sp³-hybridized carbons (Fsp3) is 0.320. The summed E-state index contributed by atoms with van der Waals surface area (Å²) in [6.07, 6.45) is 3.24. The second-order valence-electron chi connectivity index (χ2n) is 7.91. The largest absolute Gasteiger partial charge is 0.497 e. The van der Waals surface area contributed by atoms with Crippen LogP contribution < -0.4 is 14.8 Å². The second kappa shape index (κ2) is 10.8. The Hall–Kier alpha value is -3.65. The fourth-order valence-corrected chi connectivity index (χ4v) is 3.78. The van der Waals surface area contributed by atoms with Gasteiger partial charge in [-0.2, -0.15) is 4.98 Å². The molecule has 0 saturated carbocycles. The molecule has 33 heavy (non-hydrogen) atoms. The number of amides is 1. The number of benzene rings is 2. The molecule has 0 radical (unpaired) electrons. The van der Waals surface area contributed by atoms with Gasteiger partial charge in [-0.05, 0) is 62.3 Å². The number of methoxy groups -OCH3 is 1. The number of nitrogens with zero attached hydrogens (tertiary/aromatic N) is 3. The highest BCUT2D eigenvalue weighted by Gasteiger charge is 2.26. The standard InChI is InChI=1S/C25H28N4O4/c1-3-15-32-22-6-4-5-20(16-22)26-25(30)19-11-13-29(14-12-19)17-23-27-24(28-33-23)18-7-9-21(31-2)10-8-18/h3-10,16,19H,1,11-15,17H2,2H3,(H,26,30). The van der Waals surface area contributed by atoms with Gasteiger partial charge in [-0.25, -0.2) is 0 Å². The summed E-state index contributed by atoms with van der Waals surface area (Å²) in [5.41, 5.74) is 1.61. The zero-order chi connectivity index (χ0) is 23.0. The molecular weight excluding hydrogens is 420 g/mol. The predicted molar refractivity (Wildman–Crippen MR) is 125 cm³/mol. The Bertz CT molecular complexity index is 1070. The van der Waals surface area contributed by atoms with Crippen LogP contribution in [0.3, 0.4) is 0 Å². The summed E-state index contributed by atoms with van der Waals surface area (Å²) >= 11 is 0. The third-order valence-corrected chi connectivity index (χ3v) is 5.60. The molecule has 172 valence electrons. The lowest BCUT2D eigenvalue weighted by atomic mass is 9.96. The Balaban J connectivity index is 1.26. The van der Waals surface area contributed by atoms with Gasteiger partial charge < -0.3 is 19.3 Å². The Morgan fingerprint density at radius 3 is 2.73 bits per heavy atom. The molecule has 1 aromatic heterocycles. The average molecular weight is 449 g/mol. The minimum Gasteiger partial charge on any atom is -0.497 e. The van der Waals surface area contributed by atoms with Crippen LogP contribution in [0.2, 0.25) is 0 Å².